The van der Waals surface area contributed by atoms with E-state index in [0.29, 0.717) is 0 Å². The Labute approximate surface area is 88.9 Å². The van der Waals surface area contributed by atoms with Crippen LogP contribution in [0.25, 0.3) is 0 Å². The molecular formula is C11H15NO3. The summed E-state index contributed by atoms with van der Waals surface area (Å²) in [5, 5.41) is 11.1. The standard InChI is InChI=1S/C11H15NO3/c1-8-4-3-5-10(9(8)2)12-11(14)15-7-6-13/h3-5,13H,6-7H2,1-2H3,(H,12,14). The van der Waals surface area contributed by atoms with Crippen molar-refractivity contribution < 1.29 is 14.6 Å². The molecule has 4 nitrogen and oxygen atoms in total. The van der Waals surface area contributed by atoms with Crippen molar-refractivity contribution in [1.29, 1.82) is 0 Å². The van der Waals surface area contributed by atoms with Gasteiger partial charge in [0.15, 0.2) is 0 Å². The normalized spacial score (nSPS) is 9.80. The third-order valence-corrected chi connectivity index (χ3v) is 2.17. The molecule has 1 aromatic rings. The molecule has 0 aliphatic heterocycles. The van der Waals surface area contributed by atoms with Gasteiger partial charge in [-0.1, -0.05) is 12.1 Å². The lowest BCUT2D eigenvalue weighted by Crippen LogP contribution is -2.16. The number of aryl methyl sites for hydroxylation is 1. The zero-order valence-electron chi connectivity index (χ0n) is 8.91. The van der Waals surface area contributed by atoms with E-state index in [9.17, 15) is 4.79 Å². The fourth-order valence-electron chi connectivity index (χ4n) is 1.17. The van der Waals surface area contributed by atoms with Crippen LogP contribution < -0.4 is 5.32 Å². The molecule has 0 bridgehead atoms. The summed E-state index contributed by atoms with van der Waals surface area (Å²) in [5.41, 5.74) is 2.85. The van der Waals surface area contributed by atoms with Crippen LogP contribution in [0.3, 0.4) is 0 Å². The van der Waals surface area contributed by atoms with E-state index in [0.717, 1.165) is 16.8 Å². The van der Waals surface area contributed by atoms with Crippen LogP contribution in [-0.2, 0) is 4.74 Å². The first kappa shape index (κ1) is 11.5. The minimum Gasteiger partial charge on any atom is -0.447 e. The first-order chi connectivity index (χ1) is 7.15. The van der Waals surface area contributed by atoms with Gasteiger partial charge in [0.05, 0.1) is 6.61 Å². The molecule has 0 unspecified atom stereocenters. The molecule has 0 heterocycles. The summed E-state index contributed by atoms with van der Waals surface area (Å²) in [6.45, 7) is 3.74. The third kappa shape index (κ3) is 3.25. The van der Waals surface area contributed by atoms with Gasteiger partial charge in [0.2, 0.25) is 0 Å². The highest BCUT2D eigenvalue weighted by molar-refractivity contribution is 5.85. The minimum atomic E-state index is -0.544. The molecule has 0 atom stereocenters. The SMILES string of the molecule is Cc1cccc(NC(=O)OCCO)c1C. The Morgan fingerprint density at radius 3 is 2.87 bits per heavy atom. The Morgan fingerprint density at radius 1 is 1.47 bits per heavy atom. The van der Waals surface area contributed by atoms with E-state index in [-0.39, 0.29) is 13.2 Å². The van der Waals surface area contributed by atoms with Crippen molar-refractivity contribution >= 4 is 11.8 Å². The molecule has 0 fully saturated rings. The summed E-state index contributed by atoms with van der Waals surface area (Å²) in [7, 11) is 0. The number of ether oxygens (including phenoxy) is 1. The zero-order valence-corrected chi connectivity index (χ0v) is 8.91. The van der Waals surface area contributed by atoms with E-state index in [1.54, 1.807) is 0 Å². The van der Waals surface area contributed by atoms with Crippen LogP contribution in [0.5, 0.6) is 0 Å². The minimum absolute atomic E-state index is 0.0106. The zero-order chi connectivity index (χ0) is 11.3. The lowest BCUT2D eigenvalue weighted by atomic mass is 10.1. The quantitative estimate of drug-likeness (QED) is 0.798. The number of carbonyl (C=O) groups is 1. The van der Waals surface area contributed by atoms with Crippen molar-refractivity contribution in [2.24, 2.45) is 0 Å². The maximum Gasteiger partial charge on any atom is 0.411 e. The first-order valence-electron chi connectivity index (χ1n) is 4.76. The number of anilines is 1. The smallest absolute Gasteiger partial charge is 0.411 e. The second-order valence-electron chi connectivity index (χ2n) is 3.23. The predicted molar refractivity (Wildman–Crippen MR) is 58.0 cm³/mol. The fourth-order valence-corrected chi connectivity index (χ4v) is 1.17. The van der Waals surface area contributed by atoms with Crippen molar-refractivity contribution in [2.45, 2.75) is 13.8 Å². The second-order valence-corrected chi connectivity index (χ2v) is 3.23. The van der Waals surface area contributed by atoms with Crippen LogP contribution in [0, 0.1) is 13.8 Å². The molecule has 1 amide bonds. The molecule has 0 spiro atoms. The van der Waals surface area contributed by atoms with E-state index in [4.69, 9.17) is 5.11 Å². The van der Waals surface area contributed by atoms with E-state index in [2.05, 4.69) is 10.1 Å². The van der Waals surface area contributed by atoms with Crippen LogP contribution in [0.15, 0.2) is 18.2 Å². The summed E-state index contributed by atoms with van der Waals surface area (Å²) in [6, 6.07) is 5.64. The first-order valence-corrected chi connectivity index (χ1v) is 4.76. The van der Waals surface area contributed by atoms with Gasteiger partial charge >= 0.3 is 6.09 Å². The number of nitrogens with one attached hydrogen (secondary N) is 1. The molecule has 0 saturated carbocycles. The molecular weight excluding hydrogens is 194 g/mol. The highest BCUT2D eigenvalue weighted by atomic mass is 16.6. The maximum atomic E-state index is 11.2. The highest BCUT2D eigenvalue weighted by Crippen LogP contribution is 2.17. The molecule has 4 heteroatoms. The number of carbonyl (C=O) groups excluding carboxylic acids is 1. The van der Waals surface area contributed by atoms with Crippen molar-refractivity contribution in [2.75, 3.05) is 18.5 Å². The van der Waals surface area contributed by atoms with Crippen molar-refractivity contribution in [3.8, 4) is 0 Å². The number of amides is 1. The molecule has 0 aliphatic carbocycles. The summed E-state index contributed by atoms with van der Waals surface area (Å²) in [5.74, 6) is 0. The lowest BCUT2D eigenvalue weighted by molar-refractivity contribution is 0.131. The molecule has 1 rings (SSSR count). The molecule has 0 aromatic heterocycles. The van der Waals surface area contributed by atoms with E-state index >= 15 is 0 Å². The monoisotopic (exact) mass is 209 g/mol. The van der Waals surface area contributed by atoms with Crippen molar-refractivity contribution in [3.05, 3.63) is 29.3 Å². The summed E-state index contributed by atoms with van der Waals surface area (Å²) < 4.78 is 4.69. The van der Waals surface area contributed by atoms with E-state index in [1.165, 1.54) is 0 Å². The topological polar surface area (TPSA) is 58.6 Å². The molecule has 15 heavy (non-hydrogen) atoms. The van der Waals surface area contributed by atoms with E-state index < -0.39 is 6.09 Å². The van der Waals surface area contributed by atoms with Gasteiger partial charge in [0.25, 0.3) is 0 Å². The summed E-state index contributed by atoms with van der Waals surface area (Å²) in [4.78, 5) is 11.2. The Hall–Kier alpha value is -1.55. The fraction of sp³-hybridized carbons (Fsp3) is 0.364. The molecule has 0 saturated heterocycles. The number of rotatable bonds is 3. The van der Waals surface area contributed by atoms with Crippen molar-refractivity contribution in [1.82, 2.24) is 0 Å². The van der Waals surface area contributed by atoms with Crippen LogP contribution in [0.4, 0.5) is 10.5 Å². The van der Waals surface area contributed by atoms with Gasteiger partial charge in [0, 0.05) is 5.69 Å². The van der Waals surface area contributed by atoms with Gasteiger partial charge in [-0.2, -0.15) is 0 Å². The lowest BCUT2D eigenvalue weighted by Gasteiger charge is -2.10. The van der Waals surface area contributed by atoms with Crippen molar-refractivity contribution in [3.63, 3.8) is 0 Å². The van der Waals surface area contributed by atoms with E-state index in [1.807, 2.05) is 32.0 Å². The number of hydrogen-bond donors (Lipinski definition) is 2. The average molecular weight is 209 g/mol. The van der Waals surface area contributed by atoms with Gasteiger partial charge in [-0.15, -0.1) is 0 Å². The largest absolute Gasteiger partial charge is 0.447 e. The molecule has 2 N–H and O–H groups in total. The number of benzene rings is 1. The van der Waals surface area contributed by atoms with Crippen LogP contribution in [0.2, 0.25) is 0 Å². The van der Waals surface area contributed by atoms with Crippen LogP contribution in [-0.4, -0.2) is 24.4 Å². The number of hydrogen-bond acceptors (Lipinski definition) is 3. The number of aliphatic hydroxyl groups is 1. The van der Waals surface area contributed by atoms with Gasteiger partial charge in [0.1, 0.15) is 6.61 Å². The summed E-state index contributed by atoms with van der Waals surface area (Å²) >= 11 is 0. The maximum absolute atomic E-state index is 11.2. The van der Waals surface area contributed by atoms with Gasteiger partial charge in [-0.05, 0) is 31.0 Å². The third-order valence-electron chi connectivity index (χ3n) is 2.17. The Kier molecular flexibility index (Phi) is 4.12. The average Bonchev–Trinajstić information content (AvgIpc) is 2.22. The Morgan fingerprint density at radius 2 is 2.20 bits per heavy atom. The Bertz CT molecular complexity index is 350. The highest BCUT2D eigenvalue weighted by Gasteiger charge is 2.05. The van der Waals surface area contributed by atoms with Gasteiger partial charge < -0.3 is 9.84 Å². The molecule has 1 aromatic carbocycles. The molecule has 82 valence electrons. The second kappa shape index (κ2) is 5.36. The van der Waals surface area contributed by atoms with Gasteiger partial charge in [-0.3, -0.25) is 5.32 Å². The predicted octanol–water partition coefficient (Wildman–Crippen LogP) is 1.84. The van der Waals surface area contributed by atoms with Gasteiger partial charge in [-0.25, -0.2) is 4.79 Å². The Balaban J connectivity index is 2.64. The molecule has 0 radical (unpaired) electrons. The van der Waals surface area contributed by atoms with Crippen LogP contribution in [0.1, 0.15) is 11.1 Å². The number of aliphatic hydroxyl groups excluding tert-OH is 1. The summed E-state index contributed by atoms with van der Waals surface area (Å²) in [6.07, 6.45) is -0.544. The van der Waals surface area contributed by atoms with Crippen LogP contribution >= 0.6 is 0 Å². The molecule has 0 aliphatic rings.